The van der Waals surface area contributed by atoms with E-state index in [0.717, 1.165) is 31.5 Å². The largest absolute Gasteiger partial charge is 0.339 e. The van der Waals surface area contributed by atoms with Gasteiger partial charge in [0.1, 0.15) is 5.82 Å². The van der Waals surface area contributed by atoms with E-state index in [1.807, 2.05) is 0 Å². The molecule has 2 heterocycles. The molecule has 7 heteroatoms. The zero-order valence-electron chi connectivity index (χ0n) is 11.5. The summed E-state index contributed by atoms with van der Waals surface area (Å²) in [5.74, 6) is 1.52. The molecular weight excluding hydrogens is 337 g/mol. The summed E-state index contributed by atoms with van der Waals surface area (Å²) in [5, 5.41) is 7.21. The molecule has 5 nitrogen and oxygen atoms in total. The van der Waals surface area contributed by atoms with E-state index in [4.69, 9.17) is 5.73 Å². The molecule has 21 heavy (non-hydrogen) atoms. The number of aromatic amines is 1. The van der Waals surface area contributed by atoms with Crippen molar-refractivity contribution in [1.82, 2.24) is 15.2 Å². The minimum atomic E-state index is -0.285. The van der Waals surface area contributed by atoms with E-state index in [2.05, 4.69) is 36.0 Å². The maximum Gasteiger partial charge on any atom is 0.245 e. The first kappa shape index (κ1) is 14.5. The summed E-state index contributed by atoms with van der Waals surface area (Å²) in [5.41, 5.74) is 6.55. The van der Waals surface area contributed by atoms with Crippen LogP contribution in [0.4, 0.5) is 10.3 Å². The van der Waals surface area contributed by atoms with Crippen LogP contribution in [-0.4, -0.2) is 34.8 Å². The third kappa shape index (κ3) is 3.08. The van der Waals surface area contributed by atoms with Crippen LogP contribution in [0.5, 0.6) is 0 Å². The van der Waals surface area contributed by atoms with Crippen molar-refractivity contribution >= 4 is 21.9 Å². The van der Waals surface area contributed by atoms with Gasteiger partial charge in [-0.25, -0.2) is 4.39 Å². The second-order valence-corrected chi connectivity index (χ2v) is 6.15. The Kier molecular flexibility index (Phi) is 4.21. The highest BCUT2D eigenvalue weighted by molar-refractivity contribution is 9.10. The van der Waals surface area contributed by atoms with Gasteiger partial charge in [-0.05, 0) is 59.4 Å². The van der Waals surface area contributed by atoms with Gasteiger partial charge in [0.05, 0.1) is 0 Å². The van der Waals surface area contributed by atoms with Crippen LogP contribution in [0.15, 0.2) is 22.7 Å². The fourth-order valence-electron chi connectivity index (χ4n) is 2.64. The van der Waals surface area contributed by atoms with Crippen LogP contribution in [0.1, 0.15) is 12.8 Å². The molecule has 112 valence electrons. The second-order valence-electron chi connectivity index (χ2n) is 5.30. The number of hydrogen-bond donors (Lipinski definition) is 2. The third-order valence-corrected chi connectivity index (χ3v) is 4.45. The molecule has 1 atom stereocenters. The van der Waals surface area contributed by atoms with E-state index in [9.17, 15) is 4.39 Å². The van der Waals surface area contributed by atoms with Gasteiger partial charge in [0.25, 0.3) is 0 Å². The summed E-state index contributed by atoms with van der Waals surface area (Å²) in [7, 11) is 0. The number of anilines is 1. The lowest BCUT2D eigenvalue weighted by molar-refractivity contribution is 0.420. The molecule has 1 aromatic heterocycles. The Morgan fingerprint density at radius 3 is 3.10 bits per heavy atom. The summed E-state index contributed by atoms with van der Waals surface area (Å²) >= 11 is 3.35. The SMILES string of the molecule is NCC1CCCN(c2n[nH]c(-c3ccc(F)cc3Br)n2)C1. The average Bonchev–Trinajstić information content (AvgIpc) is 2.97. The van der Waals surface area contributed by atoms with Crippen molar-refractivity contribution < 1.29 is 4.39 Å². The number of aromatic nitrogens is 3. The quantitative estimate of drug-likeness (QED) is 0.889. The molecule has 1 aromatic carbocycles. The van der Waals surface area contributed by atoms with Gasteiger partial charge in [-0.15, -0.1) is 5.10 Å². The Labute approximate surface area is 130 Å². The fraction of sp³-hybridized carbons (Fsp3) is 0.429. The number of rotatable bonds is 3. The molecule has 1 fully saturated rings. The van der Waals surface area contributed by atoms with Crippen LogP contribution in [0.2, 0.25) is 0 Å². The summed E-state index contributed by atoms with van der Waals surface area (Å²) in [6.45, 7) is 2.52. The van der Waals surface area contributed by atoms with Crippen molar-refractivity contribution in [1.29, 1.82) is 0 Å². The van der Waals surface area contributed by atoms with Gasteiger partial charge in [0.2, 0.25) is 5.95 Å². The molecular formula is C14H17BrFN5. The topological polar surface area (TPSA) is 70.8 Å². The number of benzene rings is 1. The molecule has 0 aliphatic carbocycles. The van der Waals surface area contributed by atoms with Crippen LogP contribution in [0, 0.1) is 11.7 Å². The molecule has 0 spiro atoms. The lowest BCUT2D eigenvalue weighted by Crippen LogP contribution is -2.38. The van der Waals surface area contributed by atoms with E-state index < -0.39 is 0 Å². The Balaban J connectivity index is 1.83. The van der Waals surface area contributed by atoms with Crippen LogP contribution in [0.3, 0.4) is 0 Å². The monoisotopic (exact) mass is 353 g/mol. The molecule has 1 saturated heterocycles. The van der Waals surface area contributed by atoms with Crippen LogP contribution < -0.4 is 10.6 Å². The van der Waals surface area contributed by atoms with Gasteiger partial charge in [0, 0.05) is 23.1 Å². The predicted octanol–water partition coefficient (Wildman–Crippen LogP) is 2.55. The van der Waals surface area contributed by atoms with Gasteiger partial charge in [-0.3, -0.25) is 5.10 Å². The lowest BCUT2D eigenvalue weighted by Gasteiger charge is -2.31. The average molecular weight is 354 g/mol. The van der Waals surface area contributed by atoms with Gasteiger partial charge in [0.15, 0.2) is 5.82 Å². The molecule has 0 radical (unpaired) electrons. The molecule has 1 unspecified atom stereocenters. The highest BCUT2D eigenvalue weighted by Gasteiger charge is 2.22. The van der Waals surface area contributed by atoms with Crippen LogP contribution >= 0.6 is 15.9 Å². The van der Waals surface area contributed by atoms with Crippen molar-refractivity contribution in [2.24, 2.45) is 11.7 Å². The first-order chi connectivity index (χ1) is 10.2. The molecule has 1 aliphatic heterocycles. The summed E-state index contributed by atoms with van der Waals surface area (Å²) in [6, 6.07) is 4.51. The summed E-state index contributed by atoms with van der Waals surface area (Å²) in [4.78, 5) is 6.68. The number of hydrogen-bond acceptors (Lipinski definition) is 4. The molecule has 1 aliphatic rings. The Hall–Kier alpha value is -1.47. The predicted molar refractivity (Wildman–Crippen MR) is 83.5 cm³/mol. The molecule has 0 amide bonds. The van der Waals surface area contributed by atoms with E-state index in [1.165, 1.54) is 12.1 Å². The van der Waals surface area contributed by atoms with Gasteiger partial charge < -0.3 is 10.6 Å². The van der Waals surface area contributed by atoms with Crippen molar-refractivity contribution in [3.63, 3.8) is 0 Å². The zero-order valence-corrected chi connectivity index (χ0v) is 13.1. The molecule has 0 saturated carbocycles. The zero-order chi connectivity index (χ0) is 14.8. The second kappa shape index (κ2) is 6.11. The minimum Gasteiger partial charge on any atom is -0.339 e. The van der Waals surface area contributed by atoms with E-state index in [1.54, 1.807) is 6.07 Å². The number of halogens is 2. The van der Waals surface area contributed by atoms with Gasteiger partial charge >= 0.3 is 0 Å². The van der Waals surface area contributed by atoms with Gasteiger partial charge in [-0.1, -0.05) is 0 Å². The van der Waals surface area contributed by atoms with Crippen molar-refractivity contribution in [3.8, 4) is 11.4 Å². The Morgan fingerprint density at radius 2 is 2.33 bits per heavy atom. The van der Waals surface area contributed by atoms with Crippen molar-refractivity contribution in [2.75, 3.05) is 24.5 Å². The third-order valence-electron chi connectivity index (χ3n) is 3.80. The normalized spacial score (nSPS) is 19.0. The Morgan fingerprint density at radius 1 is 1.48 bits per heavy atom. The molecule has 2 aromatic rings. The van der Waals surface area contributed by atoms with Crippen molar-refractivity contribution in [3.05, 3.63) is 28.5 Å². The lowest BCUT2D eigenvalue weighted by atomic mass is 9.99. The number of nitrogens with zero attached hydrogens (tertiary/aromatic N) is 3. The van der Waals surface area contributed by atoms with E-state index in [-0.39, 0.29) is 5.82 Å². The maximum atomic E-state index is 13.1. The first-order valence-electron chi connectivity index (χ1n) is 7.00. The van der Waals surface area contributed by atoms with E-state index >= 15 is 0 Å². The Bertz CT molecular complexity index is 630. The van der Waals surface area contributed by atoms with Gasteiger partial charge in [-0.2, -0.15) is 4.98 Å². The number of nitrogens with two attached hydrogens (primary N) is 1. The number of nitrogens with one attached hydrogen (secondary N) is 1. The molecule has 3 N–H and O–H groups in total. The number of piperidine rings is 1. The smallest absolute Gasteiger partial charge is 0.245 e. The summed E-state index contributed by atoms with van der Waals surface area (Å²) in [6.07, 6.45) is 2.26. The van der Waals surface area contributed by atoms with E-state index in [0.29, 0.717) is 28.7 Å². The summed E-state index contributed by atoms with van der Waals surface area (Å²) < 4.78 is 13.8. The molecule has 3 rings (SSSR count). The van der Waals surface area contributed by atoms with Crippen LogP contribution in [-0.2, 0) is 0 Å². The highest BCUT2D eigenvalue weighted by atomic mass is 79.9. The van der Waals surface area contributed by atoms with Crippen LogP contribution in [0.25, 0.3) is 11.4 Å². The minimum absolute atomic E-state index is 0.285. The maximum absolute atomic E-state index is 13.1. The molecule has 0 bridgehead atoms. The standard InChI is InChI=1S/C14H17BrFN5/c15-12-6-10(16)3-4-11(12)13-18-14(20-19-13)21-5-1-2-9(7-17)8-21/h3-4,6,9H,1-2,5,7-8,17H2,(H,18,19,20). The number of H-pyrrole nitrogens is 1. The van der Waals surface area contributed by atoms with Crippen molar-refractivity contribution in [2.45, 2.75) is 12.8 Å². The fourth-order valence-corrected chi connectivity index (χ4v) is 3.17. The highest BCUT2D eigenvalue weighted by Crippen LogP contribution is 2.28. The first-order valence-corrected chi connectivity index (χ1v) is 7.79.